The van der Waals surface area contributed by atoms with Gasteiger partial charge in [-0.3, -0.25) is 0 Å². The predicted molar refractivity (Wildman–Crippen MR) is 258 cm³/mol. The van der Waals surface area contributed by atoms with Crippen molar-refractivity contribution >= 4 is 87.5 Å². The molecule has 64 heavy (non-hydrogen) atoms. The fourth-order valence-electron chi connectivity index (χ4n) is 10.5. The average Bonchev–Trinajstić information content (AvgIpc) is 4.27. The highest BCUT2D eigenvalue weighted by atomic mass is 16.6. The molecule has 6 heteroatoms. The Kier molecular flexibility index (Phi) is 6.95. The summed E-state index contributed by atoms with van der Waals surface area (Å²) in [6.45, 7) is 1.57. The molecule has 6 nitrogen and oxygen atoms in total. The van der Waals surface area contributed by atoms with Crippen LogP contribution < -0.4 is 0 Å². The van der Waals surface area contributed by atoms with Crippen molar-refractivity contribution in [1.82, 2.24) is 9.13 Å². The second-order valence-corrected chi connectivity index (χ2v) is 17.5. The quantitative estimate of drug-likeness (QED) is 0.157. The van der Waals surface area contributed by atoms with E-state index in [1.54, 1.807) is 0 Å². The number of ether oxygens (including phenoxy) is 2. The Morgan fingerprint density at radius 3 is 1.19 bits per heavy atom. The first-order valence-corrected chi connectivity index (χ1v) is 22.0. The van der Waals surface area contributed by atoms with Gasteiger partial charge in [0.2, 0.25) is 0 Å². The van der Waals surface area contributed by atoms with Crippen molar-refractivity contribution in [3.05, 3.63) is 193 Å². The third kappa shape index (κ3) is 5.15. The van der Waals surface area contributed by atoms with Crippen LogP contribution in [0.25, 0.3) is 121 Å². The van der Waals surface area contributed by atoms with E-state index in [2.05, 4.69) is 191 Å². The second-order valence-electron chi connectivity index (χ2n) is 17.5. The van der Waals surface area contributed by atoms with Gasteiger partial charge in [0.15, 0.2) is 0 Å². The van der Waals surface area contributed by atoms with Gasteiger partial charge in [0.25, 0.3) is 0 Å². The Morgan fingerprint density at radius 1 is 0.312 bits per heavy atom. The van der Waals surface area contributed by atoms with Crippen LogP contribution in [-0.2, 0) is 9.47 Å². The highest BCUT2D eigenvalue weighted by Crippen LogP contribution is 2.42. The zero-order chi connectivity index (χ0) is 41.6. The minimum atomic E-state index is 0.185. The largest absolute Gasteiger partial charge is 0.456 e. The van der Waals surface area contributed by atoms with E-state index in [-0.39, 0.29) is 12.2 Å². The van der Waals surface area contributed by atoms with Gasteiger partial charge >= 0.3 is 0 Å². The summed E-state index contributed by atoms with van der Waals surface area (Å²) in [5.41, 5.74) is 17.4. The van der Waals surface area contributed by atoms with E-state index in [1.165, 1.54) is 54.7 Å². The van der Waals surface area contributed by atoms with Crippen molar-refractivity contribution in [2.24, 2.45) is 0 Å². The Hall–Kier alpha value is -7.90. The zero-order valence-corrected chi connectivity index (χ0v) is 34.4. The topological polar surface area (TPSA) is 61.2 Å². The molecule has 2 aliphatic rings. The summed E-state index contributed by atoms with van der Waals surface area (Å²) in [7, 11) is 0. The summed E-state index contributed by atoms with van der Waals surface area (Å²) in [5, 5.41) is 9.32. The van der Waals surface area contributed by atoms with Crippen LogP contribution in [0.15, 0.2) is 191 Å². The summed E-state index contributed by atoms with van der Waals surface area (Å²) in [4.78, 5) is 0. The van der Waals surface area contributed by atoms with Crippen LogP contribution in [0.4, 0.5) is 0 Å². The molecule has 13 aromatic rings. The number of furan rings is 2. The molecule has 0 aliphatic carbocycles. The smallest absolute Gasteiger partial charge is 0.135 e. The normalized spacial score (nSPS) is 16.2. The summed E-state index contributed by atoms with van der Waals surface area (Å²) >= 11 is 0. The van der Waals surface area contributed by atoms with E-state index < -0.39 is 0 Å². The van der Waals surface area contributed by atoms with E-state index in [1.807, 2.05) is 0 Å². The lowest BCUT2D eigenvalue weighted by molar-refractivity contribution is 0.415. The molecule has 2 unspecified atom stereocenters. The Labute approximate surface area is 365 Å². The van der Waals surface area contributed by atoms with Crippen LogP contribution in [0.5, 0.6) is 0 Å². The number of benzene rings is 9. The molecule has 0 N–H and O–H groups in total. The van der Waals surface area contributed by atoms with Crippen molar-refractivity contribution in [1.29, 1.82) is 0 Å². The van der Waals surface area contributed by atoms with Crippen LogP contribution in [0.3, 0.4) is 0 Å². The summed E-state index contributed by atoms with van der Waals surface area (Å²) in [6, 6.07) is 65.9. The van der Waals surface area contributed by atoms with E-state index in [4.69, 9.17) is 18.3 Å². The van der Waals surface area contributed by atoms with Crippen molar-refractivity contribution < 1.29 is 18.3 Å². The lowest BCUT2D eigenvalue weighted by Gasteiger charge is -2.09. The molecule has 0 radical (unpaired) electrons. The number of epoxide rings is 2. The van der Waals surface area contributed by atoms with Crippen molar-refractivity contribution in [2.75, 3.05) is 13.2 Å². The lowest BCUT2D eigenvalue weighted by atomic mass is 9.97. The maximum Gasteiger partial charge on any atom is 0.135 e. The maximum atomic E-state index is 6.46. The van der Waals surface area contributed by atoms with Gasteiger partial charge in [-0.25, -0.2) is 0 Å². The SMILES string of the molecule is c1cc(-c2ccc3oc4ccc(-n5c6ccccc6c6ccc(C7CO7)cc65)cc4c3c2)cc(-c2ccc3oc4ccc(-n5c6ccccc6c6ccc(C7CO7)cc65)cc4c3c2)c1. The first-order chi connectivity index (χ1) is 31.7. The minimum absolute atomic E-state index is 0.185. The van der Waals surface area contributed by atoms with Crippen molar-refractivity contribution in [3.8, 4) is 33.6 Å². The number of fused-ring (bicyclic) bond motifs is 12. The molecule has 0 spiro atoms. The maximum absolute atomic E-state index is 6.46. The molecule has 15 rings (SSSR count). The van der Waals surface area contributed by atoms with E-state index >= 15 is 0 Å². The fourth-order valence-corrected chi connectivity index (χ4v) is 10.5. The molecule has 0 saturated carbocycles. The van der Waals surface area contributed by atoms with Crippen molar-refractivity contribution in [3.63, 3.8) is 0 Å². The molecule has 302 valence electrons. The fraction of sp³-hybridized carbons (Fsp3) is 0.0690. The standard InChI is InChI=1S/C58H36N2O4/c1-3-10-49-41(8-1)43-18-12-37(57-31-61-57)27-51(43)59(49)39-16-22-55-47(29-39)45-25-35(14-20-53(45)63-55)33-6-5-7-34(24-33)36-15-21-54-46(26-36)48-30-40(17-23-56(48)64-54)60-50-11-4-2-9-42(50)44-19-13-38(28-52(44)60)58-32-62-58/h1-30,57-58H,31-32H2. The zero-order valence-electron chi connectivity index (χ0n) is 34.4. The van der Waals surface area contributed by atoms with E-state index in [0.29, 0.717) is 0 Å². The molecule has 2 fully saturated rings. The van der Waals surface area contributed by atoms with Gasteiger partial charge in [-0.05, 0) is 124 Å². The molecule has 4 aromatic heterocycles. The van der Waals surface area contributed by atoms with Crippen LogP contribution in [0, 0.1) is 0 Å². The number of aromatic nitrogens is 2. The lowest BCUT2D eigenvalue weighted by Crippen LogP contribution is -1.94. The minimum Gasteiger partial charge on any atom is -0.456 e. The summed E-state index contributed by atoms with van der Waals surface area (Å²) in [6.07, 6.45) is 0.370. The van der Waals surface area contributed by atoms with Gasteiger partial charge < -0.3 is 27.4 Å². The number of rotatable bonds is 6. The van der Waals surface area contributed by atoms with Gasteiger partial charge in [0.05, 0.1) is 35.3 Å². The van der Waals surface area contributed by atoms with Crippen LogP contribution in [-0.4, -0.2) is 22.3 Å². The highest BCUT2D eigenvalue weighted by molar-refractivity contribution is 6.13. The van der Waals surface area contributed by atoms with E-state index in [0.717, 1.165) is 90.7 Å². The molecular formula is C58H36N2O4. The number of para-hydroxylation sites is 2. The third-order valence-electron chi connectivity index (χ3n) is 13.8. The van der Waals surface area contributed by atoms with E-state index in [9.17, 15) is 0 Å². The molecule has 2 aliphatic heterocycles. The van der Waals surface area contributed by atoms with Gasteiger partial charge in [0, 0.05) is 54.5 Å². The first kappa shape index (κ1) is 34.7. The Bertz CT molecular complexity index is 3850. The molecule has 2 saturated heterocycles. The third-order valence-corrected chi connectivity index (χ3v) is 13.8. The van der Waals surface area contributed by atoms with Crippen LogP contribution >= 0.6 is 0 Å². The van der Waals surface area contributed by atoms with Gasteiger partial charge in [0.1, 0.15) is 34.5 Å². The van der Waals surface area contributed by atoms with Crippen LogP contribution in [0.2, 0.25) is 0 Å². The van der Waals surface area contributed by atoms with Crippen LogP contribution in [0.1, 0.15) is 23.3 Å². The van der Waals surface area contributed by atoms with Gasteiger partial charge in [-0.1, -0.05) is 91.0 Å². The molecule has 6 heterocycles. The average molecular weight is 825 g/mol. The molecule has 0 bridgehead atoms. The summed E-state index contributed by atoms with van der Waals surface area (Å²) in [5.74, 6) is 0. The number of hydrogen-bond donors (Lipinski definition) is 0. The van der Waals surface area contributed by atoms with Gasteiger partial charge in [-0.15, -0.1) is 0 Å². The number of hydrogen-bond acceptors (Lipinski definition) is 4. The monoisotopic (exact) mass is 824 g/mol. The second kappa shape index (κ2) is 12.8. The first-order valence-electron chi connectivity index (χ1n) is 22.0. The summed E-state index contributed by atoms with van der Waals surface area (Å²) < 4.78 is 29.1. The Morgan fingerprint density at radius 2 is 0.719 bits per heavy atom. The Balaban J connectivity index is 0.825. The van der Waals surface area contributed by atoms with Crippen molar-refractivity contribution in [2.45, 2.75) is 12.2 Å². The number of nitrogens with zero attached hydrogens (tertiary/aromatic N) is 2. The molecule has 2 atom stereocenters. The predicted octanol–water partition coefficient (Wildman–Crippen LogP) is 15.2. The highest BCUT2D eigenvalue weighted by Gasteiger charge is 2.27. The molecule has 0 amide bonds. The molecular weight excluding hydrogens is 789 g/mol. The van der Waals surface area contributed by atoms with Gasteiger partial charge in [-0.2, -0.15) is 0 Å². The molecule has 9 aromatic carbocycles.